The molecule has 0 radical (unpaired) electrons. The summed E-state index contributed by atoms with van der Waals surface area (Å²) in [6.07, 6.45) is 0. The second-order valence-electron chi connectivity index (χ2n) is 2.61. The molecule has 0 aliphatic rings. The predicted molar refractivity (Wildman–Crippen MR) is 54.9 cm³/mol. The van der Waals surface area contributed by atoms with Gasteiger partial charge < -0.3 is 5.73 Å². The molecular weight excluding hydrogens is 204 g/mol. The molecule has 0 atom stereocenters. The van der Waals surface area contributed by atoms with Crippen molar-refractivity contribution in [3.8, 4) is 9.88 Å². The van der Waals surface area contributed by atoms with Gasteiger partial charge in [-0.1, -0.05) is 0 Å². The van der Waals surface area contributed by atoms with Crippen molar-refractivity contribution in [3.63, 3.8) is 0 Å². The fourth-order valence-electron chi connectivity index (χ4n) is 1.06. The van der Waals surface area contributed by atoms with Gasteiger partial charge in [0.25, 0.3) is 0 Å². The third kappa shape index (κ3) is 1.54. The third-order valence-corrected chi connectivity index (χ3v) is 3.49. The summed E-state index contributed by atoms with van der Waals surface area (Å²) in [4.78, 5) is 9.50. The van der Waals surface area contributed by atoms with Crippen LogP contribution in [0.2, 0.25) is 0 Å². The lowest BCUT2D eigenvalue weighted by molar-refractivity contribution is 1.20. The standard InChI is InChI=1S/C7H8N4S2/c1-3-5(12-4(2)9-3)6-10-7(8)11-13-6/h1-2H3,(H2,8,11). The van der Waals surface area contributed by atoms with Crippen LogP contribution < -0.4 is 5.73 Å². The maximum absolute atomic E-state index is 5.45. The topological polar surface area (TPSA) is 64.7 Å². The number of hydrogen-bond donors (Lipinski definition) is 1. The molecule has 0 amide bonds. The van der Waals surface area contributed by atoms with Crippen molar-refractivity contribution in [2.75, 3.05) is 5.73 Å². The molecule has 0 fully saturated rings. The molecule has 0 unspecified atom stereocenters. The van der Waals surface area contributed by atoms with Gasteiger partial charge in [0, 0.05) is 0 Å². The molecule has 13 heavy (non-hydrogen) atoms. The Morgan fingerprint density at radius 2 is 2.00 bits per heavy atom. The predicted octanol–water partition coefficient (Wildman–Crippen LogP) is 1.86. The molecule has 2 N–H and O–H groups in total. The molecule has 4 nitrogen and oxygen atoms in total. The molecule has 0 spiro atoms. The monoisotopic (exact) mass is 212 g/mol. The molecule has 6 heteroatoms. The smallest absolute Gasteiger partial charge is 0.232 e. The van der Waals surface area contributed by atoms with Crippen LogP contribution in [0, 0.1) is 13.8 Å². The fourth-order valence-corrected chi connectivity index (χ4v) is 2.68. The third-order valence-electron chi connectivity index (χ3n) is 1.54. The van der Waals surface area contributed by atoms with Gasteiger partial charge in [-0.3, -0.25) is 0 Å². The maximum atomic E-state index is 5.45. The number of nitrogens with zero attached hydrogens (tertiary/aromatic N) is 3. The van der Waals surface area contributed by atoms with Crippen LogP contribution in [0.1, 0.15) is 10.7 Å². The van der Waals surface area contributed by atoms with Crippen LogP contribution in [0.25, 0.3) is 9.88 Å². The summed E-state index contributed by atoms with van der Waals surface area (Å²) in [6.45, 7) is 3.95. The van der Waals surface area contributed by atoms with Crippen molar-refractivity contribution in [1.29, 1.82) is 0 Å². The molecule has 0 aliphatic carbocycles. The summed E-state index contributed by atoms with van der Waals surface area (Å²) in [5.41, 5.74) is 6.44. The highest BCUT2D eigenvalue weighted by Gasteiger charge is 2.11. The van der Waals surface area contributed by atoms with Crippen molar-refractivity contribution in [2.24, 2.45) is 0 Å². The molecule has 0 aromatic carbocycles. The quantitative estimate of drug-likeness (QED) is 0.783. The summed E-state index contributed by atoms with van der Waals surface area (Å²) in [5.74, 6) is 0.338. The Labute approximate surface area is 83.6 Å². The van der Waals surface area contributed by atoms with E-state index in [0.717, 1.165) is 20.6 Å². The largest absolute Gasteiger partial charge is 0.367 e. The van der Waals surface area contributed by atoms with Crippen LogP contribution in [-0.2, 0) is 0 Å². The van der Waals surface area contributed by atoms with E-state index in [0.29, 0.717) is 5.95 Å². The van der Waals surface area contributed by atoms with Crippen molar-refractivity contribution in [3.05, 3.63) is 10.7 Å². The van der Waals surface area contributed by atoms with Crippen LogP contribution in [-0.4, -0.2) is 14.3 Å². The number of nitrogen functional groups attached to an aromatic ring is 1. The number of aromatic nitrogens is 3. The fraction of sp³-hybridized carbons (Fsp3) is 0.286. The Kier molecular flexibility index (Phi) is 2.01. The summed E-state index contributed by atoms with van der Waals surface area (Å²) in [5, 5.41) is 1.90. The number of thiazole rings is 1. The first-order valence-electron chi connectivity index (χ1n) is 3.70. The van der Waals surface area contributed by atoms with Gasteiger partial charge in [-0.25, -0.2) is 4.98 Å². The second-order valence-corrected chi connectivity index (χ2v) is 4.56. The minimum absolute atomic E-state index is 0.338. The molecule has 0 saturated heterocycles. The first-order chi connectivity index (χ1) is 6.16. The van der Waals surface area contributed by atoms with Crippen LogP contribution in [0.5, 0.6) is 0 Å². The molecule has 2 aromatic rings. The van der Waals surface area contributed by atoms with E-state index in [-0.39, 0.29) is 0 Å². The Morgan fingerprint density at radius 1 is 1.23 bits per heavy atom. The zero-order valence-electron chi connectivity index (χ0n) is 7.24. The van der Waals surface area contributed by atoms with Crippen LogP contribution in [0.4, 0.5) is 5.95 Å². The lowest BCUT2D eigenvalue weighted by Crippen LogP contribution is -1.85. The molecule has 68 valence electrons. The lowest BCUT2D eigenvalue weighted by Gasteiger charge is -1.87. The zero-order chi connectivity index (χ0) is 9.42. The van der Waals surface area contributed by atoms with Gasteiger partial charge in [-0.05, 0) is 25.4 Å². The highest BCUT2D eigenvalue weighted by molar-refractivity contribution is 7.19. The molecule has 2 rings (SSSR count). The van der Waals surface area contributed by atoms with Crippen molar-refractivity contribution in [1.82, 2.24) is 14.3 Å². The van der Waals surface area contributed by atoms with E-state index in [2.05, 4.69) is 14.3 Å². The first-order valence-corrected chi connectivity index (χ1v) is 5.29. The number of rotatable bonds is 1. The van der Waals surface area contributed by atoms with Gasteiger partial charge in [-0.2, -0.15) is 9.36 Å². The highest BCUT2D eigenvalue weighted by atomic mass is 32.1. The van der Waals surface area contributed by atoms with Crippen LogP contribution in [0.15, 0.2) is 0 Å². The van der Waals surface area contributed by atoms with E-state index in [1.807, 2.05) is 13.8 Å². The Balaban J connectivity index is 2.51. The van der Waals surface area contributed by atoms with Crippen molar-refractivity contribution < 1.29 is 0 Å². The molecule has 0 aliphatic heterocycles. The van der Waals surface area contributed by atoms with E-state index >= 15 is 0 Å². The molecule has 0 saturated carbocycles. The number of nitrogens with two attached hydrogens (primary N) is 1. The van der Waals surface area contributed by atoms with E-state index in [9.17, 15) is 0 Å². The van der Waals surface area contributed by atoms with E-state index in [4.69, 9.17) is 5.73 Å². The Hall–Kier alpha value is -1.01. The average molecular weight is 212 g/mol. The molecule has 0 bridgehead atoms. The maximum Gasteiger partial charge on any atom is 0.232 e. The first kappa shape index (κ1) is 8.58. The van der Waals surface area contributed by atoms with Crippen LogP contribution >= 0.6 is 22.9 Å². The van der Waals surface area contributed by atoms with E-state index in [1.165, 1.54) is 11.5 Å². The average Bonchev–Trinajstić information content (AvgIpc) is 2.58. The highest BCUT2D eigenvalue weighted by Crippen LogP contribution is 2.30. The van der Waals surface area contributed by atoms with Gasteiger partial charge in [0.1, 0.15) is 0 Å². The number of anilines is 1. The molecular formula is C7H8N4S2. The SMILES string of the molecule is Cc1nc(C)c(-c2nc(N)ns2)s1. The van der Waals surface area contributed by atoms with Crippen LogP contribution in [0.3, 0.4) is 0 Å². The van der Waals surface area contributed by atoms with Crippen molar-refractivity contribution in [2.45, 2.75) is 13.8 Å². The van der Waals surface area contributed by atoms with E-state index in [1.54, 1.807) is 11.3 Å². The van der Waals surface area contributed by atoms with Gasteiger partial charge in [0.15, 0.2) is 5.01 Å². The van der Waals surface area contributed by atoms with Crippen molar-refractivity contribution >= 4 is 28.8 Å². The number of hydrogen-bond acceptors (Lipinski definition) is 6. The summed E-state index contributed by atoms with van der Waals surface area (Å²) in [7, 11) is 0. The van der Waals surface area contributed by atoms with E-state index < -0.39 is 0 Å². The van der Waals surface area contributed by atoms with Gasteiger partial charge in [0.2, 0.25) is 5.95 Å². The summed E-state index contributed by atoms with van der Waals surface area (Å²) < 4.78 is 3.93. The zero-order valence-corrected chi connectivity index (χ0v) is 8.87. The van der Waals surface area contributed by atoms with Gasteiger partial charge in [-0.15, -0.1) is 11.3 Å². The molecule has 2 heterocycles. The molecule has 2 aromatic heterocycles. The summed E-state index contributed by atoms with van der Waals surface area (Å²) in [6, 6.07) is 0. The van der Waals surface area contributed by atoms with Gasteiger partial charge >= 0.3 is 0 Å². The minimum atomic E-state index is 0.338. The normalized spacial score (nSPS) is 10.6. The second kappa shape index (κ2) is 3.04. The van der Waals surface area contributed by atoms with Gasteiger partial charge in [0.05, 0.1) is 15.6 Å². The minimum Gasteiger partial charge on any atom is -0.367 e. The lowest BCUT2D eigenvalue weighted by atomic mass is 10.4. The Morgan fingerprint density at radius 3 is 2.46 bits per heavy atom. The summed E-state index contributed by atoms with van der Waals surface area (Å²) >= 11 is 2.94. The number of aryl methyl sites for hydroxylation is 2. The Bertz CT molecular complexity index is 431.